The summed E-state index contributed by atoms with van der Waals surface area (Å²) in [5.41, 5.74) is -0.680. The summed E-state index contributed by atoms with van der Waals surface area (Å²) in [4.78, 5) is 40.1. The van der Waals surface area contributed by atoms with Gasteiger partial charge in [0.15, 0.2) is 12.0 Å². The monoisotopic (exact) mass is 771 g/mol. The number of esters is 1. The molecule has 0 fully saturated rings. The molecular formula is C40H53NO14. The van der Waals surface area contributed by atoms with Crippen LogP contribution in [0.15, 0.2) is 36.1 Å². The first-order valence-electron chi connectivity index (χ1n) is 17.9. The third-order valence-electron chi connectivity index (χ3n) is 10.7. The molecule has 5 bridgehead atoms. The van der Waals surface area contributed by atoms with Gasteiger partial charge < -0.3 is 59.3 Å². The van der Waals surface area contributed by atoms with Gasteiger partial charge in [0, 0.05) is 75.4 Å². The molecule has 0 aliphatic carbocycles. The summed E-state index contributed by atoms with van der Waals surface area (Å²) < 4.78 is 34.3. The Morgan fingerprint density at radius 1 is 0.891 bits per heavy atom. The van der Waals surface area contributed by atoms with Crippen molar-refractivity contribution in [2.24, 2.45) is 23.7 Å². The van der Waals surface area contributed by atoms with Crippen LogP contribution in [-0.4, -0.2) is 94.7 Å². The number of hydrogen-bond acceptors (Lipinski definition) is 14. The number of amides is 1. The number of anilines is 1. The molecule has 0 aromatic heterocycles. The average Bonchev–Trinajstić information content (AvgIpc) is 3.41. The molecule has 9 unspecified atom stereocenters. The predicted molar refractivity (Wildman–Crippen MR) is 201 cm³/mol. The van der Waals surface area contributed by atoms with Crippen molar-refractivity contribution in [3.8, 4) is 23.0 Å². The van der Waals surface area contributed by atoms with Gasteiger partial charge in [-0.15, -0.1) is 0 Å². The Morgan fingerprint density at radius 3 is 2.11 bits per heavy atom. The Labute approximate surface area is 320 Å². The number of ketones is 1. The minimum atomic E-state index is -2.06. The molecule has 15 nitrogen and oxygen atoms in total. The van der Waals surface area contributed by atoms with Crippen LogP contribution < -0.4 is 10.1 Å². The maximum atomic E-state index is 14.3. The third kappa shape index (κ3) is 8.03. The van der Waals surface area contributed by atoms with Crippen molar-refractivity contribution in [1.82, 2.24) is 0 Å². The number of carbonyl (C=O) groups excluding carboxylic acids is 3. The highest BCUT2D eigenvalue weighted by Crippen LogP contribution is 2.56. The molecule has 1 amide bonds. The van der Waals surface area contributed by atoms with E-state index in [4.69, 9.17) is 28.4 Å². The highest BCUT2D eigenvalue weighted by molar-refractivity contribution is 6.22. The molecule has 0 spiro atoms. The lowest BCUT2D eigenvalue weighted by Gasteiger charge is -2.38. The zero-order valence-corrected chi connectivity index (χ0v) is 33.0. The minimum Gasteiger partial charge on any atom is -0.507 e. The molecule has 5 rings (SSSR count). The fourth-order valence-corrected chi connectivity index (χ4v) is 7.31. The van der Waals surface area contributed by atoms with Crippen molar-refractivity contribution in [2.75, 3.05) is 26.6 Å². The number of nitrogens with one attached hydrogen (secondary N) is 1. The molecule has 0 saturated heterocycles. The van der Waals surface area contributed by atoms with Crippen molar-refractivity contribution < 1.29 is 68.3 Å². The van der Waals surface area contributed by atoms with Gasteiger partial charge >= 0.3 is 11.8 Å². The molecule has 15 heteroatoms. The zero-order chi connectivity index (χ0) is 41.3. The summed E-state index contributed by atoms with van der Waals surface area (Å²) in [5.74, 6) is -8.72. The lowest BCUT2D eigenvalue weighted by molar-refractivity contribution is -0.160. The first-order valence-corrected chi connectivity index (χ1v) is 17.9. The molecule has 3 aliphatic rings. The first-order chi connectivity index (χ1) is 25.8. The number of aliphatic hydroxyl groups is 2. The van der Waals surface area contributed by atoms with Gasteiger partial charge in [0.05, 0.1) is 46.8 Å². The van der Waals surface area contributed by atoms with E-state index in [0.717, 1.165) is 0 Å². The predicted octanol–water partition coefficient (Wildman–Crippen LogP) is 5.05. The maximum Gasteiger partial charge on any atom is 0.312 e. The number of aromatic hydroxyl groups is 3. The second-order valence-electron chi connectivity index (χ2n) is 14.4. The van der Waals surface area contributed by atoms with Crippen LogP contribution in [0.5, 0.6) is 23.0 Å². The molecule has 2 aromatic carbocycles. The lowest BCUT2D eigenvalue weighted by Crippen LogP contribution is -2.46. The van der Waals surface area contributed by atoms with Gasteiger partial charge in [0.25, 0.3) is 11.7 Å². The Balaban J connectivity index is 1.98. The van der Waals surface area contributed by atoms with Crippen molar-refractivity contribution >= 4 is 34.1 Å². The van der Waals surface area contributed by atoms with E-state index in [-0.39, 0.29) is 44.5 Å². The second-order valence-corrected chi connectivity index (χ2v) is 14.4. The Kier molecular flexibility index (Phi) is 13.3. The van der Waals surface area contributed by atoms with E-state index in [1.165, 1.54) is 67.4 Å². The van der Waals surface area contributed by atoms with Crippen LogP contribution in [0.1, 0.15) is 76.2 Å². The molecule has 0 radical (unpaired) electrons. The number of fused-ring (bicyclic) bond motifs is 14. The maximum absolute atomic E-state index is 14.3. The minimum absolute atomic E-state index is 0.0272. The van der Waals surface area contributed by atoms with Crippen molar-refractivity contribution in [3.05, 3.63) is 52.8 Å². The summed E-state index contributed by atoms with van der Waals surface area (Å²) >= 11 is 0. The van der Waals surface area contributed by atoms with Gasteiger partial charge in [-0.2, -0.15) is 0 Å². The van der Waals surface area contributed by atoms with Gasteiger partial charge in [-0.05, 0) is 19.9 Å². The Hall–Kier alpha value is -4.67. The Bertz CT molecular complexity index is 1900. The van der Waals surface area contributed by atoms with Crippen molar-refractivity contribution in [1.29, 1.82) is 0 Å². The van der Waals surface area contributed by atoms with Gasteiger partial charge in [0.1, 0.15) is 23.4 Å². The normalized spacial score (nSPS) is 29.3. The fraction of sp³-hybridized carbons (Fsp3) is 0.525. The highest BCUT2D eigenvalue weighted by Gasteiger charge is 2.50. The number of ether oxygens (including phenoxy) is 6. The van der Waals surface area contributed by atoms with Crippen LogP contribution in [-0.2, 0) is 33.3 Å². The molecule has 9 atom stereocenters. The van der Waals surface area contributed by atoms with Gasteiger partial charge in [-0.25, -0.2) is 0 Å². The molecular weight excluding hydrogens is 718 g/mol. The standard InChI is InChI=1S/C40H53NO14/c1-17-13-12-14-18(2)38(49)41-29-28(39(51-10)52-11)33(46)25-26(34(29)47)32(45)22(6)36-27(25)37(48)40(8,55-36)53-16-15-24(50-9)19(3)35(54-23(7)42)21(5)31(44)20(4)30(17)43/h12-17,19-21,24,30-31,35,39,43-47H,1-11H3,(H,41,49). The van der Waals surface area contributed by atoms with Crippen LogP contribution in [0.2, 0.25) is 0 Å². The van der Waals surface area contributed by atoms with Crippen LogP contribution in [0.4, 0.5) is 5.69 Å². The van der Waals surface area contributed by atoms with Crippen LogP contribution in [0.3, 0.4) is 0 Å². The van der Waals surface area contributed by atoms with Gasteiger partial charge in [-0.1, -0.05) is 45.9 Å². The van der Waals surface area contributed by atoms with Crippen molar-refractivity contribution in [2.45, 2.75) is 91.9 Å². The number of phenols is 3. The third-order valence-corrected chi connectivity index (χ3v) is 10.7. The Morgan fingerprint density at radius 2 is 1.53 bits per heavy atom. The molecule has 2 aromatic rings. The van der Waals surface area contributed by atoms with Crippen LogP contribution in [0.25, 0.3) is 10.8 Å². The fourth-order valence-electron chi connectivity index (χ4n) is 7.31. The number of benzene rings is 2. The lowest BCUT2D eigenvalue weighted by atomic mass is 9.78. The van der Waals surface area contributed by atoms with Gasteiger partial charge in [0.2, 0.25) is 0 Å². The topological polar surface area (TPSA) is 220 Å². The molecule has 6 N–H and O–H groups in total. The van der Waals surface area contributed by atoms with Crippen LogP contribution >= 0.6 is 0 Å². The van der Waals surface area contributed by atoms with E-state index in [2.05, 4.69) is 5.32 Å². The van der Waals surface area contributed by atoms with E-state index in [9.17, 15) is 39.9 Å². The molecule has 55 heavy (non-hydrogen) atoms. The van der Waals surface area contributed by atoms with Crippen molar-refractivity contribution in [3.63, 3.8) is 0 Å². The SMILES string of the molecule is COC(OC)c1c2c(O)c3c(O)c(C)c4c(c3c1O)C(=O)C(C)(OC=CC(OC)C(C)C(OC(C)=O)C(C)C(O)C(C)C(O)C(C)C=CC=C(C)C(=O)N2)O4. The van der Waals surface area contributed by atoms with Gasteiger partial charge in [-0.3, -0.25) is 14.4 Å². The number of rotatable bonds is 5. The quantitative estimate of drug-likeness (QED) is 0.102. The van der Waals surface area contributed by atoms with E-state index < -0.39 is 95.1 Å². The number of methoxy groups -OCH3 is 3. The van der Waals surface area contributed by atoms with E-state index >= 15 is 0 Å². The second kappa shape index (κ2) is 17.0. The van der Waals surface area contributed by atoms with E-state index in [1.54, 1.807) is 39.8 Å². The summed E-state index contributed by atoms with van der Waals surface area (Å²) in [5, 5.41) is 59.7. The largest absolute Gasteiger partial charge is 0.507 e. The molecule has 0 saturated carbocycles. The number of hydrogen-bond donors (Lipinski definition) is 6. The molecule has 3 heterocycles. The number of Topliss-reactive ketones (excluding diaryl/α,β-unsaturated/α-hetero) is 1. The first kappa shape index (κ1) is 43.1. The summed E-state index contributed by atoms with van der Waals surface area (Å²) in [6, 6.07) is 0. The average molecular weight is 772 g/mol. The van der Waals surface area contributed by atoms with E-state index in [0.29, 0.717) is 0 Å². The highest BCUT2D eigenvalue weighted by atomic mass is 16.7. The molecule has 3 aliphatic heterocycles. The number of phenolic OH excluding ortho intramolecular Hbond substituents is 3. The van der Waals surface area contributed by atoms with Crippen LogP contribution in [0, 0.1) is 30.6 Å². The summed E-state index contributed by atoms with van der Waals surface area (Å²) in [6.45, 7) is 12.4. The summed E-state index contributed by atoms with van der Waals surface area (Å²) in [6.07, 6.45) is 2.02. The summed E-state index contributed by atoms with van der Waals surface area (Å²) in [7, 11) is 3.94. The van der Waals surface area contributed by atoms with E-state index in [1.807, 2.05) is 0 Å². The number of carbonyl (C=O) groups is 3. The number of allylic oxidation sites excluding steroid dienone is 2. The smallest absolute Gasteiger partial charge is 0.312 e. The zero-order valence-electron chi connectivity index (χ0n) is 33.0. The number of aliphatic hydroxyl groups excluding tert-OH is 2. The molecule has 302 valence electrons.